The molecule has 15 heavy (non-hydrogen) atoms. The molecule has 0 N–H and O–H groups in total. The van der Waals surface area contributed by atoms with Crippen LogP contribution in [0.25, 0.3) is 0 Å². The summed E-state index contributed by atoms with van der Waals surface area (Å²) in [4.78, 5) is 13.3. The molecule has 0 bridgehead atoms. The number of hydrogen-bond acceptors (Lipinski definition) is 3. The van der Waals surface area contributed by atoms with Crippen LogP contribution >= 0.6 is 0 Å². The van der Waals surface area contributed by atoms with Gasteiger partial charge in [0.25, 0.3) is 0 Å². The van der Waals surface area contributed by atoms with Crippen molar-refractivity contribution in [2.45, 2.75) is 27.2 Å². The van der Waals surface area contributed by atoms with Gasteiger partial charge in [0.15, 0.2) is 0 Å². The maximum Gasteiger partial charge on any atom is 0.333 e. The highest BCUT2D eigenvalue weighted by Gasteiger charge is 2.05. The molecule has 1 atom stereocenters. The predicted octanol–water partition coefficient (Wildman–Crippen LogP) is 2.08. The molecule has 0 aromatic carbocycles. The maximum absolute atomic E-state index is 11.1. The summed E-state index contributed by atoms with van der Waals surface area (Å²) in [6.45, 7) is 8.05. The molecule has 0 rings (SSSR count). The Kier molecular flexibility index (Phi) is 7.05. The SMILES string of the molecule is CCC(C)CN(C)CC=C(C)C(=O)OC. The molecule has 0 saturated carbocycles. The molecule has 0 aromatic heterocycles. The highest BCUT2D eigenvalue weighted by molar-refractivity contribution is 5.87. The summed E-state index contributed by atoms with van der Waals surface area (Å²) < 4.78 is 4.62. The number of hydrogen-bond donors (Lipinski definition) is 0. The number of ether oxygens (including phenoxy) is 1. The number of esters is 1. The van der Waals surface area contributed by atoms with Gasteiger partial charge in [-0.25, -0.2) is 4.79 Å². The van der Waals surface area contributed by atoms with Crippen molar-refractivity contribution in [2.24, 2.45) is 5.92 Å². The fourth-order valence-electron chi connectivity index (χ4n) is 1.27. The van der Waals surface area contributed by atoms with Crippen molar-refractivity contribution >= 4 is 5.97 Å². The summed E-state index contributed by atoms with van der Waals surface area (Å²) in [5.74, 6) is 0.453. The van der Waals surface area contributed by atoms with E-state index in [1.807, 2.05) is 6.08 Å². The number of rotatable bonds is 6. The first-order valence-electron chi connectivity index (χ1n) is 5.44. The van der Waals surface area contributed by atoms with Crippen LogP contribution in [0.2, 0.25) is 0 Å². The fourth-order valence-corrected chi connectivity index (χ4v) is 1.27. The van der Waals surface area contributed by atoms with Gasteiger partial charge in [0, 0.05) is 18.7 Å². The predicted molar refractivity (Wildman–Crippen MR) is 62.7 cm³/mol. The molecule has 0 aliphatic rings. The van der Waals surface area contributed by atoms with Crippen molar-refractivity contribution in [2.75, 3.05) is 27.2 Å². The van der Waals surface area contributed by atoms with Crippen molar-refractivity contribution < 1.29 is 9.53 Å². The second-order valence-electron chi connectivity index (χ2n) is 4.11. The Morgan fingerprint density at radius 3 is 2.60 bits per heavy atom. The van der Waals surface area contributed by atoms with E-state index in [9.17, 15) is 4.79 Å². The lowest BCUT2D eigenvalue weighted by Crippen LogP contribution is -2.24. The summed E-state index contributed by atoms with van der Waals surface area (Å²) >= 11 is 0. The van der Waals surface area contributed by atoms with Gasteiger partial charge in [-0.1, -0.05) is 26.3 Å². The zero-order valence-electron chi connectivity index (χ0n) is 10.5. The van der Waals surface area contributed by atoms with Gasteiger partial charge in [-0.15, -0.1) is 0 Å². The Bertz CT molecular complexity index is 224. The Balaban J connectivity index is 3.97. The van der Waals surface area contributed by atoms with Gasteiger partial charge >= 0.3 is 5.97 Å². The van der Waals surface area contributed by atoms with Gasteiger partial charge in [0.2, 0.25) is 0 Å². The van der Waals surface area contributed by atoms with Crippen molar-refractivity contribution in [1.29, 1.82) is 0 Å². The summed E-state index contributed by atoms with van der Waals surface area (Å²) in [5, 5.41) is 0. The summed E-state index contributed by atoms with van der Waals surface area (Å²) in [7, 11) is 3.47. The van der Waals surface area contributed by atoms with E-state index in [0.29, 0.717) is 11.5 Å². The lowest BCUT2D eigenvalue weighted by atomic mass is 10.1. The molecule has 0 amide bonds. The van der Waals surface area contributed by atoms with Crippen LogP contribution in [0, 0.1) is 5.92 Å². The van der Waals surface area contributed by atoms with E-state index in [1.54, 1.807) is 6.92 Å². The third-order valence-corrected chi connectivity index (χ3v) is 2.54. The van der Waals surface area contributed by atoms with E-state index in [4.69, 9.17) is 0 Å². The van der Waals surface area contributed by atoms with Gasteiger partial charge in [0.1, 0.15) is 0 Å². The third kappa shape index (κ3) is 6.28. The van der Waals surface area contributed by atoms with Crippen molar-refractivity contribution in [3.05, 3.63) is 11.6 Å². The Morgan fingerprint density at radius 1 is 1.53 bits per heavy atom. The van der Waals surface area contributed by atoms with Crippen LogP contribution in [-0.4, -0.2) is 38.1 Å². The van der Waals surface area contributed by atoms with Crippen LogP contribution in [0.4, 0.5) is 0 Å². The molecule has 0 aliphatic heterocycles. The first-order chi connectivity index (χ1) is 7.01. The Labute approximate surface area is 93.1 Å². The number of methoxy groups -OCH3 is 1. The van der Waals surface area contributed by atoms with Gasteiger partial charge < -0.3 is 9.64 Å². The van der Waals surface area contributed by atoms with Gasteiger partial charge in [-0.2, -0.15) is 0 Å². The lowest BCUT2D eigenvalue weighted by Gasteiger charge is -2.18. The average molecular weight is 213 g/mol. The summed E-state index contributed by atoms with van der Waals surface area (Å²) in [6.07, 6.45) is 3.10. The first kappa shape index (κ1) is 14.2. The normalized spacial score (nSPS) is 14.1. The van der Waals surface area contributed by atoms with Gasteiger partial charge in [-0.05, 0) is 19.9 Å². The average Bonchev–Trinajstić information content (AvgIpc) is 2.24. The molecule has 88 valence electrons. The Morgan fingerprint density at radius 2 is 2.13 bits per heavy atom. The standard InChI is InChI=1S/C12H23NO2/c1-6-10(2)9-13(4)8-7-11(3)12(14)15-5/h7,10H,6,8-9H2,1-5H3. The van der Waals surface area contributed by atoms with Gasteiger partial charge in [0.05, 0.1) is 7.11 Å². The summed E-state index contributed by atoms with van der Waals surface area (Å²) in [5.41, 5.74) is 0.675. The minimum Gasteiger partial charge on any atom is -0.466 e. The van der Waals surface area contributed by atoms with Crippen LogP contribution in [-0.2, 0) is 9.53 Å². The molecule has 3 nitrogen and oxygen atoms in total. The topological polar surface area (TPSA) is 29.5 Å². The number of nitrogens with zero attached hydrogens (tertiary/aromatic N) is 1. The number of carbonyl (C=O) groups excluding carboxylic acids is 1. The molecule has 0 aliphatic carbocycles. The highest BCUT2D eigenvalue weighted by Crippen LogP contribution is 2.03. The molecule has 0 radical (unpaired) electrons. The first-order valence-corrected chi connectivity index (χ1v) is 5.44. The van der Waals surface area contributed by atoms with Crippen LogP contribution in [0.5, 0.6) is 0 Å². The van der Waals surface area contributed by atoms with E-state index >= 15 is 0 Å². The highest BCUT2D eigenvalue weighted by atomic mass is 16.5. The second-order valence-corrected chi connectivity index (χ2v) is 4.11. The maximum atomic E-state index is 11.1. The fraction of sp³-hybridized carbons (Fsp3) is 0.750. The lowest BCUT2D eigenvalue weighted by molar-refractivity contribution is -0.136. The van der Waals surface area contributed by atoms with E-state index < -0.39 is 0 Å². The monoisotopic (exact) mass is 213 g/mol. The van der Waals surface area contributed by atoms with Crippen molar-refractivity contribution in [3.63, 3.8) is 0 Å². The smallest absolute Gasteiger partial charge is 0.333 e. The molecule has 0 heterocycles. The molecular formula is C12H23NO2. The second kappa shape index (κ2) is 7.46. The van der Waals surface area contributed by atoms with Crippen LogP contribution < -0.4 is 0 Å². The number of likely N-dealkylation sites (N-methyl/N-ethyl adjacent to an activating group) is 1. The van der Waals surface area contributed by atoms with Crippen molar-refractivity contribution in [1.82, 2.24) is 4.90 Å². The van der Waals surface area contributed by atoms with E-state index in [-0.39, 0.29) is 5.97 Å². The van der Waals surface area contributed by atoms with Crippen LogP contribution in [0.3, 0.4) is 0 Å². The van der Waals surface area contributed by atoms with Crippen molar-refractivity contribution in [3.8, 4) is 0 Å². The Hall–Kier alpha value is -0.830. The zero-order valence-corrected chi connectivity index (χ0v) is 10.5. The van der Waals surface area contributed by atoms with E-state index in [1.165, 1.54) is 13.5 Å². The molecule has 3 heteroatoms. The van der Waals surface area contributed by atoms with Gasteiger partial charge in [-0.3, -0.25) is 0 Å². The van der Waals surface area contributed by atoms with E-state index in [2.05, 4.69) is 30.5 Å². The quantitative estimate of drug-likeness (QED) is 0.500. The minimum absolute atomic E-state index is 0.244. The molecule has 0 spiro atoms. The molecule has 1 unspecified atom stereocenters. The minimum atomic E-state index is -0.244. The zero-order chi connectivity index (χ0) is 11.8. The number of carbonyl (C=O) groups is 1. The summed E-state index contributed by atoms with van der Waals surface area (Å²) in [6, 6.07) is 0. The van der Waals surface area contributed by atoms with Crippen LogP contribution in [0.15, 0.2) is 11.6 Å². The molecule has 0 aromatic rings. The molecule has 0 fully saturated rings. The third-order valence-electron chi connectivity index (χ3n) is 2.54. The van der Waals surface area contributed by atoms with Crippen LogP contribution in [0.1, 0.15) is 27.2 Å². The van der Waals surface area contributed by atoms with E-state index in [0.717, 1.165) is 13.1 Å². The molecular weight excluding hydrogens is 190 g/mol. The largest absolute Gasteiger partial charge is 0.466 e. The molecule has 0 saturated heterocycles.